The van der Waals surface area contributed by atoms with Crippen LogP contribution in [0.1, 0.15) is 20.8 Å². The lowest BCUT2D eigenvalue weighted by atomic mass is 10.3. The van der Waals surface area contributed by atoms with E-state index in [0.29, 0.717) is 5.70 Å². The third kappa shape index (κ3) is 1.29. The van der Waals surface area contributed by atoms with Crippen molar-refractivity contribution in [1.82, 2.24) is 5.32 Å². The topological polar surface area (TPSA) is 38.3 Å². The summed E-state index contributed by atoms with van der Waals surface area (Å²) < 4.78 is 5.12. The molecule has 0 aromatic rings. The molecule has 0 fully saturated rings. The third-order valence-electron chi connectivity index (χ3n) is 1.29. The van der Waals surface area contributed by atoms with Gasteiger partial charge in [-0.2, -0.15) is 0 Å². The molecule has 1 aliphatic rings. The highest BCUT2D eigenvalue weighted by Crippen LogP contribution is 2.15. The molecule has 3 heteroatoms. The molecule has 0 saturated heterocycles. The number of nitrogens with one attached hydrogen (secondary N) is 1. The van der Waals surface area contributed by atoms with Crippen LogP contribution >= 0.6 is 0 Å². The van der Waals surface area contributed by atoms with Crippen LogP contribution in [-0.2, 0) is 9.53 Å². The summed E-state index contributed by atoms with van der Waals surface area (Å²) in [7, 11) is 0. The van der Waals surface area contributed by atoms with Crippen molar-refractivity contribution in [3.8, 4) is 0 Å². The first-order valence-corrected chi connectivity index (χ1v) is 3.18. The van der Waals surface area contributed by atoms with Crippen LogP contribution in [0.25, 0.3) is 0 Å². The molecule has 0 bridgehead atoms. The van der Waals surface area contributed by atoms with Gasteiger partial charge in [-0.05, 0) is 13.8 Å². The molecule has 0 amide bonds. The lowest BCUT2D eigenvalue weighted by Gasteiger charge is -2.18. The molecular weight excluding hydrogens is 130 g/mol. The molecule has 1 aliphatic heterocycles. The summed E-state index contributed by atoms with van der Waals surface area (Å²) in [6.45, 7) is 5.22. The van der Waals surface area contributed by atoms with Crippen LogP contribution in [0.2, 0.25) is 0 Å². The summed E-state index contributed by atoms with van der Waals surface area (Å²) in [4.78, 5) is 10.7. The van der Waals surface area contributed by atoms with Gasteiger partial charge in [-0.15, -0.1) is 0 Å². The van der Waals surface area contributed by atoms with Crippen LogP contribution in [-0.4, -0.2) is 11.5 Å². The summed E-state index contributed by atoms with van der Waals surface area (Å²) in [6.07, 6.45) is 1.46. The molecule has 0 aliphatic carbocycles. The highest BCUT2D eigenvalue weighted by atomic mass is 16.5. The zero-order valence-electron chi connectivity index (χ0n) is 6.39. The Morgan fingerprint density at radius 1 is 1.70 bits per heavy atom. The number of carbonyl (C=O) groups is 1. The minimum absolute atomic E-state index is 0.00516. The van der Waals surface area contributed by atoms with Crippen LogP contribution in [0.4, 0.5) is 0 Å². The van der Waals surface area contributed by atoms with Gasteiger partial charge in [0, 0.05) is 6.92 Å². The quantitative estimate of drug-likeness (QED) is 0.586. The second kappa shape index (κ2) is 2.01. The molecule has 10 heavy (non-hydrogen) atoms. The van der Waals surface area contributed by atoms with Gasteiger partial charge in [0.1, 0.15) is 12.0 Å². The van der Waals surface area contributed by atoms with E-state index in [1.165, 1.54) is 13.2 Å². The predicted molar refractivity (Wildman–Crippen MR) is 37.1 cm³/mol. The van der Waals surface area contributed by atoms with E-state index in [4.69, 9.17) is 4.74 Å². The van der Waals surface area contributed by atoms with Crippen molar-refractivity contribution in [1.29, 1.82) is 0 Å². The maximum absolute atomic E-state index is 10.7. The van der Waals surface area contributed by atoms with Gasteiger partial charge in [0.15, 0.2) is 11.5 Å². The summed E-state index contributed by atoms with van der Waals surface area (Å²) in [5.41, 5.74) is 0.131. The fourth-order valence-electron chi connectivity index (χ4n) is 0.760. The Morgan fingerprint density at radius 3 is 2.50 bits per heavy atom. The fraction of sp³-hybridized carbons (Fsp3) is 0.571. The average Bonchev–Trinajstić information content (AvgIpc) is 2.10. The summed E-state index contributed by atoms with van der Waals surface area (Å²) in [5, 5.41) is 2.92. The highest BCUT2D eigenvalue weighted by Gasteiger charge is 2.26. The third-order valence-corrected chi connectivity index (χ3v) is 1.29. The SMILES string of the molecule is CC(=O)C1=COC(C)(C)N1. The summed E-state index contributed by atoms with van der Waals surface area (Å²) >= 11 is 0. The second-order valence-corrected chi connectivity index (χ2v) is 2.84. The number of rotatable bonds is 1. The van der Waals surface area contributed by atoms with Crippen LogP contribution in [0.5, 0.6) is 0 Å². The number of Topliss-reactive ketones (excluding diaryl/α,β-unsaturated/α-hetero) is 1. The predicted octanol–water partition coefficient (Wildman–Crippen LogP) is 0.773. The van der Waals surface area contributed by atoms with Crippen molar-refractivity contribution in [3.05, 3.63) is 12.0 Å². The van der Waals surface area contributed by atoms with Crippen LogP contribution in [0, 0.1) is 0 Å². The van der Waals surface area contributed by atoms with Crippen molar-refractivity contribution in [2.24, 2.45) is 0 Å². The van der Waals surface area contributed by atoms with Crippen molar-refractivity contribution in [3.63, 3.8) is 0 Å². The molecule has 1 N–H and O–H groups in total. The van der Waals surface area contributed by atoms with Gasteiger partial charge >= 0.3 is 0 Å². The van der Waals surface area contributed by atoms with Gasteiger partial charge < -0.3 is 10.1 Å². The van der Waals surface area contributed by atoms with Gasteiger partial charge in [0.05, 0.1) is 0 Å². The lowest BCUT2D eigenvalue weighted by Crippen LogP contribution is -2.36. The molecule has 0 unspecified atom stereocenters. The van der Waals surface area contributed by atoms with Crippen molar-refractivity contribution < 1.29 is 9.53 Å². The van der Waals surface area contributed by atoms with E-state index >= 15 is 0 Å². The zero-order chi connectivity index (χ0) is 7.78. The van der Waals surface area contributed by atoms with E-state index in [-0.39, 0.29) is 5.78 Å². The van der Waals surface area contributed by atoms with Gasteiger partial charge in [0.2, 0.25) is 0 Å². The maximum atomic E-state index is 10.7. The van der Waals surface area contributed by atoms with E-state index in [1.807, 2.05) is 13.8 Å². The molecule has 0 aromatic carbocycles. The normalized spacial score (nSPS) is 20.9. The molecule has 0 spiro atoms. The number of ether oxygens (including phenoxy) is 1. The van der Waals surface area contributed by atoms with Gasteiger partial charge in [-0.25, -0.2) is 0 Å². The standard InChI is InChI=1S/C7H11NO2/c1-5(9)6-4-10-7(2,3)8-6/h4,8H,1-3H3. The number of hydrogen-bond acceptors (Lipinski definition) is 3. The molecule has 0 aromatic heterocycles. The monoisotopic (exact) mass is 141 g/mol. The van der Waals surface area contributed by atoms with Crippen LogP contribution in [0.3, 0.4) is 0 Å². The Bertz CT molecular complexity index is 194. The van der Waals surface area contributed by atoms with Gasteiger partial charge in [-0.3, -0.25) is 4.79 Å². The van der Waals surface area contributed by atoms with E-state index in [9.17, 15) is 4.79 Å². The average molecular weight is 141 g/mol. The maximum Gasteiger partial charge on any atom is 0.178 e. The van der Waals surface area contributed by atoms with E-state index < -0.39 is 5.72 Å². The molecule has 3 nitrogen and oxygen atoms in total. The van der Waals surface area contributed by atoms with E-state index in [0.717, 1.165) is 0 Å². The Morgan fingerprint density at radius 2 is 2.30 bits per heavy atom. The van der Waals surface area contributed by atoms with Crippen molar-refractivity contribution in [2.45, 2.75) is 26.5 Å². The minimum Gasteiger partial charge on any atom is -0.474 e. The van der Waals surface area contributed by atoms with E-state index in [2.05, 4.69) is 5.32 Å². The van der Waals surface area contributed by atoms with Gasteiger partial charge in [0.25, 0.3) is 0 Å². The highest BCUT2D eigenvalue weighted by molar-refractivity contribution is 5.92. The first-order valence-electron chi connectivity index (χ1n) is 3.18. The number of hydrogen-bond donors (Lipinski definition) is 1. The number of allylic oxidation sites excluding steroid dienone is 1. The molecule has 1 rings (SSSR count). The lowest BCUT2D eigenvalue weighted by molar-refractivity contribution is -0.114. The fourth-order valence-corrected chi connectivity index (χ4v) is 0.760. The number of ketones is 1. The Kier molecular flexibility index (Phi) is 1.43. The zero-order valence-corrected chi connectivity index (χ0v) is 6.39. The minimum atomic E-state index is -0.416. The Hall–Kier alpha value is -0.990. The van der Waals surface area contributed by atoms with E-state index in [1.54, 1.807) is 0 Å². The molecule has 56 valence electrons. The first-order chi connectivity index (χ1) is 4.51. The van der Waals surface area contributed by atoms with Crippen molar-refractivity contribution >= 4 is 5.78 Å². The van der Waals surface area contributed by atoms with Gasteiger partial charge in [-0.1, -0.05) is 0 Å². The molecular formula is C7H11NO2. The van der Waals surface area contributed by atoms with Crippen molar-refractivity contribution in [2.75, 3.05) is 0 Å². The number of carbonyl (C=O) groups excluding carboxylic acids is 1. The summed E-state index contributed by atoms with van der Waals surface area (Å²) in [6, 6.07) is 0. The first kappa shape index (κ1) is 7.12. The van der Waals surface area contributed by atoms with Crippen LogP contribution < -0.4 is 5.32 Å². The molecule has 0 saturated carbocycles. The largest absolute Gasteiger partial charge is 0.474 e. The summed E-state index contributed by atoms with van der Waals surface area (Å²) in [5.74, 6) is 0.00516. The molecule has 0 radical (unpaired) electrons. The second-order valence-electron chi connectivity index (χ2n) is 2.84. The molecule has 1 heterocycles. The smallest absolute Gasteiger partial charge is 0.178 e. The Balaban J connectivity index is 2.64. The van der Waals surface area contributed by atoms with Crippen LogP contribution in [0.15, 0.2) is 12.0 Å². The Labute approximate surface area is 60.1 Å². The molecule has 0 atom stereocenters.